The molecule has 156 valence electrons. The minimum Gasteiger partial charge on any atom is -0.268 e. The summed E-state index contributed by atoms with van der Waals surface area (Å²) in [4.78, 5) is 42.3. The van der Waals surface area contributed by atoms with E-state index in [0.717, 1.165) is 5.56 Å². The Bertz CT molecular complexity index is 1390. The summed E-state index contributed by atoms with van der Waals surface area (Å²) in [5.41, 5.74) is 3.90. The summed E-state index contributed by atoms with van der Waals surface area (Å²) in [5.74, 6) is -0.705. The van der Waals surface area contributed by atoms with Crippen LogP contribution >= 0.6 is 11.3 Å². The van der Waals surface area contributed by atoms with Crippen LogP contribution in [0.4, 0.5) is 11.4 Å². The van der Waals surface area contributed by atoms with Gasteiger partial charge in [0.05, 0.1) is 27.4 Å². The normalized spacial score (nSPS) is 12.8. The molecule has 0 spiro atoms. The van der Waals surface area contributed by atoms with Crippen LogP contribution in [0, 0.1) is 17.0 Å². The minimum atomic E-state index is -0.405. The van der Waals surface area contributed by atoms with E-state index in [4.69, 9.17) is 0 Å². The number of fused-ring (bicyclic) bond motifs is 1. The molecule has 0 radical (unpaired) electrons. The fraction of sp³-hybridized carbons (Fsp3) is 0.0417. The highest BCUT2D eigenvalue weighted by molar-refractivity contribution is 7.13. The molecule has 0 N–H and O–H groups in total. The Morgan fingerprint density at radius 1 is 0.906 bits per heavy atom. The molecule has 5 rings (SSSR count). The van der Waals surface area contributed by atoms with E-state index in [1.54, 1.807) is 61.5 Å². The van der Waals surface area contributed by atoms with E-state index in [-0.39, 0.29) is 17.5 Å². The lowest BCUT2D eigenvalue weighted by Crippen LogP contribution is -2.29. The fourth-order valence-corrected chi connectivity index (χ4v) is 4.53. The maximum atomic E-state index is 12.8. The number of carbonyl (C=O) groups is 2. The summed E-state index contributed by atoms with van der Waals surface area (Å²) >= 11 is 1.39. The van der Waals surface area contributed by atoms with Gasteiger partial charge in [-0.15, -0.1) is 11.3 Å². The number of nitro groups is 1. The number of imide groups is 1. The summed E-state index contributed by atoms with van der Waals surface area (Å²) < 4.78 is 0. The number of benzene rings is 3. The van der Waals surface area contributed by atoms with Crippen LogP contribution in [-0.2, 0) is 0 Å². The first-order valence-electron chi connectivity index (χ1n) is 9.73. The largest absolute Gasteiger partial charge is 0.272 e. The zero-order valence-corrected chi connectivity index (χ0v) is 17.6. The van der Waals surface area contributed by atoms with Crippen molar-refractivity contribution in [1.82, 2.24) is 4.98 Å². The summed E-state index contributed by atoms with van der Waals surface area (Å²) in [6, 6.07) is 18.9. The highest BCUT2D eigenvalue weighted by Crippen LogP contribution is 2.34. The van der Waals surface area contributed by atoms with Crippen LogP contribution in [0.15, 0.2) is 72.1 Å². The topological polar surface area (TPSA) is 93.4 Å². The van der Waals surface area contributed by atoms with Crippen molar-refractivity contribution < 1.29 is 14.5 Å². The van der Waals surface area contributed by atoms with Gasteiger partial charge in [0, 0.05) is 28.1 Å². The molecule has 0 fully saturated rings. The summed E-state index contributed by atoms with van der Waals surface area (Å²) in [7, 11) is 0. The lowest BCUT2D eigenvalue weighted by atomic mass is 10.1. The van der Waals surface area contributed by atoms with Crippen molar-refractivity contribution in [2.75, 3.05) is 4.90 Å². The van der Waals surface area contributed by atoms with Gasteiger partial charge in [-0.1, -0.05) is 36.4 Å². The molecule has 0 aliphatic carbocycles. The number of anilines is 1. The van der Waals surface area contributed by atoms with Crippen LogP contribution < -0.4 is 4.90 Å². The number of rotatable bonds is 4. The van der Waals surface area contributed by atoms with Gasteiger partial charge >= 0.3 is 0 Å². The summed E-state index contributed by atoms with van der Waals surface area (Å²) in [6.45, 7) is 1.69. The molecule has 0 unspecified atom stereocenters. The van der Waals surface area contributed by atoms with Crippen molar-refractivity contribution in [1.29, 1.82) is 0 Å². The van der Waals surface area contributed by atoms with E-state index in [1.165, 1.54) is 22.3 Å². The smallest absolute Gasteiger partial charge is 0.268 e. The van der Waals surface area contributed by atoms with E-state index in [0.29, 0.717) is 38.6 Å². The van der Waals surface area contributed by atoms with Gasteiger partial charge in [-0.25, -0.2) is 9.88 Å². The minimum absolute atomic E-state index is 0.0460. The van der Waals surface area contributed by atoms with E-state index in [9.17, 15) is 19.7 Å². The second-order valence-corrected chi connectivity index (χ2v) is 8.20. The first-order chi connectivity index (χ1) is 15.4. The van der Waals surface area contributed by atoms with Crippen molar-refractivity contribution in [3.8, 4) is 21.8 Å². The van der Waals surface area contributed by atoms with Crippen LogP contribution in [0.1, 0.15) is 26.3 Å². The highest BCUT2D eigenvalue weighted by Gasteiger charge is 2.36. The average Bonchev–Trinajstić information content (AvgIpc) is 3.38. The zero-order valence-electron chi connectivity index (χ0n) is 16.8. The van der Waals surface area contributed by atoms with Crippen LogP contribution in [0.2, 0.25) is 0 Å². The van der Waals surface area contributed by atoms with Gasteiger partial charge in [0.25, 0.3) is 17.5 Å². The predicted molar refractivity (Wildman–Crippen MR) is 122 cm³/mol. The molecule has 7 nitrogen and oxygen atoms in total. The molecular weight excluding hydrogens is 426 g/mol. The molecule has 1 aliphatic rings. The Morgan fingerprint density at radius 3 is 2.31 bits per heavy atom. The van der Waals surface area contributed by atoms with Gasteiger partial charge in [0.1, 0.15) is 5.01 Å². The van der Waals surface area contributed by atoms with Gasteiger partial charge in [0.2, 0.25) is 0 Å². The van der Waals surface area contributed by atoms with Crippen molar-refractivity contribution >= 4 is 34.5 Å². The number of hydrogen-bond acceptors (Lipinski definition) is 6. The molecular formula is C24H15N3O4S. The number of nitrogens with zero attached hydrogens (tertiary/aromatic N) is 3. The SMILES string of the molecule is Cc1ccc(-c2csc(-c3cccc(N4C(=O)c5ccccc5C4=O)c3)n2)cc1[N+](=O)[O-]. The number of hydrogen-bond donors (Lipinski definition) is 0. The molecule has 8 heteroatoms. The number of nitro benzene ring substituents is 1. The monoisotopic (exact) mass is 441 g/mol. The quantitative estimate of drug-likeness (QED) is 0.237. The van der Waals surface area contributed by atoms with Gasteiger partial charge in [0.15, 0.2) is 0 Å². The second-order valence-electron chi connectivity index (χ2n) is 7.34. The van der Waals surface area contributed by atoms with Gasteiger partial charge in [-0.05, 0) is 31.2 Å². The lowest BCUT2D eigenvalue weighted by Gasteiger charge is -2.14. The van der Waals surface area contributed by atoms with Crippen LogP contribution in [0.25, 0.3) is 21.8 Å². The van der Waals surface area contributed by atoms with E-state index in [2.05, 4.69) is 4.98 Å². The maximum absolute atomic E-state index is 12.8. The molecule has 2 amide bonds. The molecule has 3 aromatic carbocycles. The average molecular weight is 441 g/mol. The van der Waals surface area contributed by atoms with Gasteiger partial charge in [-0.2, -0.15) is 0 Å². The lowest BCUT2D eigenvalue weighted by molar-refractivity contribution is -0.385. The van der Waals surface area contributed by atoms with Crippen LogP contribution in [-0.4, -0.2) is 21.7 Å². The number of aromatic nitrogens is 1. The Labute approximate surface area is 186 Å². The standard InChI is InChI=1S/C24H15N3O4S/c1-14-9-10-15(12-21(14)27(30)31)20-13-32-22(25-20)16-5-4-6-17(11-16)26-23(28)18-7-2-3-8-19(18)24(26)29/h2-13H,1H3. The Hall–Kier alpha value is -4.17. The molecule has 0 saturated carbocycles. The number of thiazole rings is 1. The van der Waals surface area contributed by atoms with Crippen molar-refractivity contribution in [2.24, 2.45) is 0 Å². The number of carbonyl (C=O) groups excluding carboxylic acids is 2. The second kappa shape index (κ2) is 7.51. The van der Waals surface area contributed by atoms with E-state index >= 15 is 0 Å². The molecule has 32 heavy (non-hydrogen) atoms. The maximum Gasteiger partial charge on any atom is 0.272 e. The van der Waals surface area contributed by atoms with E-state index < -0.39 is 4.92 Å². The zero-order chi connectivity index (χ0) is 22.4. The van der Waals surface area contributed by atoms with Gasteiger partial charge in [-0.3, -0.25) is 19.7 Å². The summed E-state index contributed by atoms with van der Waals surface area (Å²) in [5, 5.41) is 13.8. The third kappa shape index (κ3) is 3.17. The first-order valence-corrected chi connectivity index (χ1v) is 10.6. The molecule has 2 heterocycles. The predicted octanol–water partition coefficient (Wildman–Crippen LogP) is 5.49. The van der Waals surface area contributed by atoms with Crippen molar-refractivity contribution in [3.05, 3.63) is 98.9 Å². The first kappa shape index (κ1) is 19.8. The molecule has 0 atom stereocenters. The highest BCUT2D eigenvalue weighted by atomic mass is 32.1. The Kier molecular flexibility index (Phi) is 4.64. The molecule has 4 aromatic rings. The van der Waals surface area contributed by atoms with E-state index in [1.807, 2.05) is 11.4 Å². The fourth-order valence-electron chi connectivity index (χ4n) is 3.71. The Balaban J connectivity index is 1.49. The third-order valence-corrected chi connectivity index (χ3v) is 6.24. The molecule has 0 saturated heterocycles. The Morgan fingerprint density at radius 2 is 1.62 bits per heavy atom. The molecule has 1 aromatic heterocycles. The molecule has 1 aliphatic heterocycles. The molecule has 0 bridgehead atoms. The van der Waals surface area contributed by atoms with Crippen molar-refractivity contribution in [2.45, 2.75) is 6.92 Å². The van der Waals surface area contributed by atoms with Crippen molar-refractivity contribution in [3.63, 3.8) is 0 Å². The van der Waals surface area contributed by atoms with Gasteiger partial charge < -0.3 is 0 Å². The summed E-state index contributed by atoms with van der Waals surface area (Å²) in [6.07, 6.45) is 0. The number of aryl methyl sites for hydroxylation is 1. The van der Waals surface area contributed by atoms with Crippen LogP contribution in [0.5, 0.6) is 0 Å². The number of amides is 2. The van der Waals surface area contributed by atoms with Crippen LogP contribution in [0.3, 0.4) is 0 Å². The third-order valence-electron chi connectivity index (χ3n) is 5.35.